The van der Waals surface area contributed by atoms with Crippen molar-refractivity contribution in [3.05, 3.63) is 22.3 Å². The summed E-state index contributed by atoms with van der Waals surface area (Å²) in [4.78, 5) is 0.782. The topological polar surface area (TPSA) is 121 Å². The quantitative estimate of drug-likeness (QED) is 0.247. The standard InChI is InChI=1S/C16H18O6S3/c1-5-9(17)11(19)7(3)15(13(5)21)23-25-24-16-8(4)12(20)10(18)6(2)14(16)22/h17-22H,1-4H3. The van der Waals surface area contributed by atoms with E-state index in [1.54, 1.807) is 13.8 Å². The van der Waals surface area contributed by atoms with E-state index in [9.17, 15) is 30.6 Å². The summed E-state index contributed by atoms with van der Waals surface area (Å²) in [5, 5.41) is 59.7. The van der Waals surface area contributed by atoms with E-state index in [-0.39, 0.29) is 45.6 Å². The van der Waals surface area contributed by atoms with Gasteiger partial charge in [-0.2, -0.15) is 0 Å². The molecule has 0 heterocycles. The summed E-state index contributed by atoms with van der Waals surface area (Å²) in [6.07, 6.45) is 0. The van der Waals surface area contributed by atoms with Gasteiger partial charge in [0.2, 0.25) is 0 Å². The van der Waals surface area contributed by atoms with Gasteiger partial charge in [0, 0.05) is 22.3 Å². The van der Waals surface area contributed by atoms with Crippen LogP contribution in [0.3, 0.4) is 0 Å². The van der Waals surface area contributed by atoms with Crippen LogP contribution in [0, 0.1) is 27.7 Å². The average Bonchev–Trinajstić information content (AvgIpc) is 2.60. The molecule has 0 unspecified atom stereocenters. The molecule has 0 spiro atoms. The van der Waals surface area contributed by atoms with Gasteiger partial charge in [0.25, 0.3) is 0 Å². The van der Waals surface area contributed by atoms with Gasteiger partial charge in [-0.05, 0) is 59.1 Å². The van der Waals surface area contributed by atoms with E-state index in [2.05, 4.69) is 0 Å². The monoisotopic (exact) mass is 402 g/mol. The molecule has 0 saturated heterocycles. The molecule has 0 aromatic heterocycles. The zero-order chi connectivity index (χ0) is 19.0. The van der Waals surface area contributed by atoms with Crippen molar-refractivity contribution in [2.45, 2.75) is 37.5 Å². The van der Waals surface area contributed by atoms with Crippen LogP contribution in [-0.2, 0) is 0 Å². The molecule has 0 aliphatic heterocycles. The lowest BCUT2D eigenvalue weighted by molar-refractivity contribution is 0.384. The number of phenols is 6. The molecule has 0 atom stereocenters. The van der Waals surface area contributed by atoms with E-state index in [1.807, 2.05) is 0 Å². The fourth-order valence-electron chi connectivity index (χ4n) is 2.13. The zero-order valence-electron chi connectivity index (χ0n) is 13.9. The predicted molar refractivity (Wildman–Crippen MR) is 101 cm³/mol. The molecule has 6 N–H and O–H groups in total. The lowest BCUT2D eigenvalue weighted by Gasteiger charge is -2.15. The highest BCUT2D eigenvalue weighted by atomic mass is 33.5. The third-order valence-corrected chi connectivity index (χ3v) is 8.03. The highest BCUT2D eigenvalue weighted by Gasteiger charge is 2.22. The van der Waals surface area contributed by atoms with E-state index in [0.717, 1.165) is 21.6 Å². The molecule has 0 aliphatic carbocycles. The van der Waals surface area contributed by atoms with Crippen LogP contribution >= 0.6 is 31.4 Å². The minimum absolute atomic E-state index is 0.128. The molecule has 136 valence electrons. The number of aromatic hydroxyl groups is 6. The van der Waals surface area contributed by atoms with Crippen molar-refractivity contribution in [1.29, 1.82) is 0 Å². The summed E-state index contributed by atoms with van der Waals surface area (Å²) >= 11 is 0. The van der Waals surface area contributed by atoms with Gasteiger partial charge in [-0.1, -0.05) is 0 Å². The molecule has 2 rings (SSSR count). The molecule has 6 nitrogen and oxygen atoms in total. The Morgan fingerprint density at radius 3 is 1.04 bits per heavy atom. The van der Waals surface area contributed by atoms with Crippen molar-refractivity contribution in [1.82, 2.24) is 0 Å². The first kappa shape index (κ1) is 19.6. The number of hydrogen-bond donors (Lipinski definition) is 6. The van der Waals surface area contributed by atoms with E-state index in [1.165, 1.54) is 23.7 Å². The maximum Gasteiger partial charge on any atom is 0.164 e. The van der Waals surface area contributed by atoms with Crippen LogP contribution < -0.4 is 0 Å². The van der Waals surface area contributed by atoms with Crippen molar-refractivity contribution in [2.75, 3.05) is 0 Å². The second-order valence-corrected chi connectivity index (χ2v) is 9.40. The first-order chi connectivity index (χ1) is 11.6. The van der Waals surface area contributed by atoms with Crippen LogP contribution in [-0.4, -0.2) is 30.6 Å². The summed E-state index contributed by atoms with van der Waals surface area (Å²) in [6.45, 7) is 6.12. The Labute approximate surface area is 156 Å². The number of rotatable bonds is 4. The van der Waals surface area contributed by atoms with Gasteiger partial charge in [0.1, 0.15) is 11.5 Å². The lowest BCUT2D eigenvalue weighted by atomic mass is 10.1. The normalized spacial score (nSPS) is 11.0. The van der Waals surface area contributed by atoms with E-state index < -0.39 is 0 Å². The van der Waals surface area contributed by atoms with Crippen molar-refractivity contribution >= 4 is 31.4 Å². The molecule has 2 aromatic carbocycles. The molecule has 9 heteroatoms. The van der Waals surface area contributed by atoms with Crippen LogP contribution in [0.2, 0.25) is 0 Å². The molecule has 0 saturated carbocycles. The average molecular weight is 403 g/mol. The fraction of sp³-hybridized carbons (Fsp3) is 0.250. The molecule has 0 bridgehead atoms. The molecule has 25 heavy (non-hydrogen) atoms. The molecule has 0 fully saturated rings. The smallest absolute Gasteiger partial charge is 0.164 e. The number of phenolic OH excluding ortho intramolecular Hbond substituents is 6. The largest absolute Gasteiger partial charge is 0.506 e. The van der Waals surface area contributed by atoms with Gasteiger partial charge in [0.15, 0.2) is 23.0 Å². The Balaban J connectivity index is 2.29. The van der Waals surface area contributed by atoms with Crippen LogP contribution in [0.25, 0.3) is 0 Å². The summed E-state index contributed by atoms with van der Waals surface area (Å²) in [6, 6.07) is 0. The Morgan fingerprint density at radius 2 is 0.720 bits per heavy atom. The first-order valence-corrected chi connectivity index (χ1v) is 10.6. The molecule has 0 amide bonds. The first-order valence-electron chi connectivity index (χ1n) is 7.08. The van der Waals surface area contributed by atoms with Crippen molar-refractivity contribution in [3.8, 4) is 34.5 Å². The minimum atomic E-state index is -0.357. The number of benzene rings is 2. The van der Waals surface area contributed by atoms with Crippen LogP contribution in [0.1, 0.15) is 22.3 Å². The predicted octanol–water partition coefficient (Wildman–Crippen LogP) is 4.60. The maximum absolute atomic E-state index is 10.2. The Hall–Kier alpha value is -1.71. The minimum Gasteiger partial charge on any atom is -0.506 e. The van der Waals surface area contributed by atoms with Gasteiger partial charge in [0.05, 0.1) is 9.79 Å². The van der Waals surface area contributed by atoms with Gasteiger partial charge in [-0.25, -0.2) is 0 Å². The summed E-state index contributed by atoms with van der Waals surface area (Å²) in [7, 11) is 3.47. The second kappa shape index (κ2) is 7.27. The van der Waals surface area contributed by atoms with E-state index >= 15 is 0 Å². The van der Waals surface area contributed by atoms with Gasteiger partial charge >= 0.3 is 0 Å². The summed E-state index contributed by atoms with van der Waals surface area (Å²) in [5.41, 5.74) is 1.02. The fourth-order valence-corrected chi connectivity index (χ4v) is 6.48. The van der Waals surface area contributed by atoms with Gasteiger partial charge in [-0.3, -0.25) is 0 Å². The van der Waals surface area contributed by atoms with Gasteiger partial charge in [-0.15, -0.1) is 0 Å². The summed E-state index contributed by atoms with van der Waals surface area (Å²) in [5.74, 6) is -1.55. The van der Waals surface area contributed by atoms with Crippen molar-refractivity contribution in [2.24, 2.45) is 0 Å². The highest BCUT2D eigenvalue weighted by Crippen LogP contribution is 2.56. The third kappa shape index (κ3) is 3.36. The SMILES string of the molecule is Cc1c(O)c(O)c(C)c(SSSc2c(C)c(O)c(O)c(C)c2O)c1O. The Kier molecular flexibility index (Phi) is 5.70. The number of hydrogen-bond acceptors (Lipinski definition) is 9. The van der Waals surface area contributed by atoms with E-state index in [0.29, 0.717) is 20.9 Å². The maximum atomic E-state index is 10.2. The molecule has 2 aromatic rings. The molecular weight excluding hydrogens is 384 g/mol. The Bertz CT molecular complexity index is 723. The summed E-state index contributed by atoms with van der Waals surface area (Å²) < 4.78 is 0. The van der Waals surface area contributed by atoms with E-state index in [4.69, 9.17) is 0 Å². The van der Waals surface area contributed by atoms with Gasteiger partial charge < -0.3 is 30.6 Å². The van der Waals surface area contributed by atoms with Crippen LogP contribution in [0.15, 0.2) is 9.79 Å². The molecular formula is C16H18O6S3. The highest BCUT2D eigenvalue weighted by molar-refractivity contribution is 9.09. The van der Waals surface area contributed by atoms with Crippen LogP contribution in [0.5, 0.6) is 34.5 Å². The van der Waals surface area contributed by atoms with Crippen molar-refractivity contribution in [3.63, 3.8) is 0 Å². The van der Waals surface area contributed by atoms with Crippen molar-refractivity contribution < 1.29 is 30.6 Å². The Morgan fingerprint density at radius 1 is 0.440 bits per heavy atom. The molecule has 0 radical (unpaired) electrons. The third-order valence-electron chi connectivity index (χ3n) is 3.93. The second-order valence-electron chi connectivity index (χ2n) is 5.48. The molecule has 0 aliphatic rings. The zero-order valence-corrected chi connectivity index (χ0v) is 16.4. The lowest BCUT2D eigenvalue weighted by Crippen LogP contribution is -1.88. The van der Waals surface area contributed by atoms with Crippen LogP contribution in [0.4, 0.5) is 0 Å².